The molecule has 0 amide bonds. The van der Waals surface area contributed by atoms with Crippen LogP contribution in [0.3, 0.4) is 0 Å². The van der Waals surface area contributed by atoms with E-state index < -0.39 is 5.97 Å². The van der Waals surface area contributed by atoms with Gasteiger partial charge in [-0.25, -0.2) is 19.7 Å². The molecule has 1 N–H and O–H groups in total. The molecule has 20 heavy (non-hydrogen) atoms. The Kier molecular flexibility index (Phi) is 4.35. The van der Waals surface area contributed by atoms with Gasteiger partial charge in [-0.05, 0) is 24.8 Å². The third-order valence-corrected chi connectivity index (χ3v) is 3.58. The fourth-order valence-corrected chi connectivity index (χ4v) is 2.44. The summed E-state index contributed by atoms with van der Waals surface area (Å²) in [5, 5.41) is 10.4. The second-order valence-electron chi connectivity index (χ2n) is 4.01. The molecule has 0 saturated heterocycles. The zero-order chi connectivity index (χ0) is 14.7. The van der Waals surface area contributed by atoms with Crippen molar-refractivity contribution in [2.45, 2.75) is 23.7 Å². The van der Waals surface area contributed by atoms with E-state index in [0.29, 0.717) is 21.6 Å². The predicted molar refractivity (Wildman–Crippen MR) is 71.4 cm³/mol. The third kappa shape index (κ3) is 2.97. The molecule has 7 nitrogen and oxygen atoms in total. The largest absolute Gasteiger partial charge is 0.463 e. The number of carbonyl (C=O) groups is 1. The van der Waals surface area contributed by atoms with E-state index in [1.54, 1.807) is 30.8 Å². The van der Waals surface area contributed by atoms with Crippen LogP contribution in [0, 0.1) is 6.92 Å². The van der Waals surface area contributed by atoms with Gasteiger partial charge in [0, 0.05) is 12.7 Å². The molecule has 0 aliphatic rings. The zero-order valence-corrected chi connectivity index (χ0v) is 12.1. The SMILES string of the molecule is COC(=O)c1nc(C)cc(Sc2ncc(CO)n2C)n1. The summed E-state index contributed by atoms with van der Waals surface area (Å²) in [4.78, 5) is 23.8. The summed E-state index contributed by atoms with van der Waals surface area (Å²) in [6, 6.07) is 1.75. The van der Waals surface area contributed by atoms with Gasteiger partial charge in [0.05, 0.1) is 25.6 Å². The van der Waals surface area contributed by atoms with Crippen molar-refractivity contribution in [2.75, 3.05) is 7.11 Å². The Morgan fingerprint density at radius 3 is 2.85 bits per heavy atom. The molecule has 2 heterocycles. The molecule has 0 spiro atoms. The maximum Gasteiger partial charge on any atom is 0.376 e. The van der Waals surface area contributed by atoms with E-state index in [0.717, 1.165) is 0 Å². The van der Waals surface area contributed by atoms with Crippen molar-refractivity contribution in [3.8, 4) is 0 Å². The third-order valence-electron chi connectivity index (χ3n) is 2.60. The number of aryl methyl sites for hydroxylation is 1. The van der Waals surface area contributed by atoms with Crippen LogP contribution in [0.1, 0.15) is 22.0 Å². The topological polar surface area (TPSA) is 90.1 Å². The number of methoxy groups -OCH3 is 1. The highest BCUT2D eigenvalue weighted by Crippen LogP contribution is 2.25. The zero-order valence-electron chi connectivity index (χ0n) is 11.3. The highest BCUT2D eigenvalue weighted by Gasteiger charge is 2.14. The van der Waals surface area contributed by atoms with Crippen molar-refractivity contribution >= 4 is 17.7 Å². The molecule has 2 rings (SSSR count). The highest BCUT2D eigenvalue weighted by molar-refractivity contribution is 7.99. The van der Waals surface area contributed by atoms with Crippen LogP contribution < -0.4 is 0 Å². The van der Waals surface area contributed by atoms with Crippen molar-refractivity contribution in [1.29, 1.82) is 0 Å². The number of esters is 1. The molecule has 0 unspecified atom stereocenters. The molecule has 0 aliphatic carbocycles. The number of hydrogen-bond acceptors (Lipinski definition) is 7. The van der Waals surface area contributed by atoms with Crippen LogP contribution >= 0.6 is 11.8 Å². The summed E-state index contributed by atoms with van der Waals surface area (Å²) >= 11 is 1.29. The van der Waals surface area contributed by atoms with E-state index in [9.17, 15) is 4.79 Å². The Morgan fingerprint density at radius 1 is 1.50 bits per heavy atom. The number of nitrogens with zero attached hydrogens (tertiary/aromatic N) is 4. The summed E-state index contributed by atoms with van der Waals surface area (Å²) in [6.07, 6.45) is 1.59. The van der Waals surface area contributed by atoms with E-state index in [1.807, 2.05) is 0 Å². The number of hydrogen-bond donors (Lipinski definition) is 1. The Labute approximate surface area is 120 Å². The molecular formula is C12H14N4O3S. The van der Waals surface area contributed by atoms with Gasteiger partial charge in [-0.2, -0.15) is 0 Å². The Morgan fingerprint density at radius 2 is 2.25 bits per heavy atom. The average molecular weight is 294 g/mol. The normalized spacial score (nSPS) is 10.6. The van der Waals surface area contributed by atoms with Crippen LogP contribution in [0.2, 0.25) is 0 Å². The van der Waals surface area contributed by atoms with Crippen molar-refractivity contribution in [2.24, 2.45) is 7.05 Å². The Hall–Kier alpha value is -1.93. The maximum absolute atomic E-state index is 11.5. The van der Waals surface area contributed by atoms with Gasteiger partial charge >= 0.3 is 5.97 Å². The first-order chi connectivity index (χ1) is 9.55. The number of rotatable bonds is 4. The summed E-state index contributed by atoms with van der Waals surface area (Å²) in [5.74, 6) is -0.557. The fraction of sp³-hybridized carbons (Fsp3) is 0.333. The number of imidazole rings is 1. The number of ether oxygens (including phenoxy) is 1. The summed E-state index contributed by atoms with van der Waals surface area (Å²) in [7, 11) is 3.09. The lowest BCUT2D eigenvalue weighted by atomic mass is 10.4. The van der Waals surface area contributed by atoms with Gasteiger partial charge < -0.3 is 14.4 Å². The molecule has 2 aromatic rings. The second kappa shape index (κ2) is 6.02. The van der Waals surface area contributed by atoms with Gasteiger partial charge in [0.25, 0.3) is 0 Å². The lowest BCUT2D eigenvalue weighted by molar-refractivity contribution is 0.0585. The summed E-state index contributed by atoms with van der Waals surface area (Å²) in [5.41, 5.74) is 1.37. The molecule has 0 atom stereocenters. The minimum absolute atomic E-state index is 0.0200. The van der Waals surface area contributed by atoms with Crippen LogP contribution in [0.5, 0.6) is 0 Å². The summed E-state index contributed by atoms with van der Waals surface area (Å²) < 4.78 is 6.38. The molecule has 0 aliphatic heterocycles. The number of aliphatic hydroxyl groups is 1. The minimum atomic E-state index is -0.577. The first-order valence-corrected chi connectivity index (χ1v) is 6.60. The molecule has 0 fully saturated rings. The standard InChI is InChI=1S/C12H14N4O3S/c1-7-4-9(15-10(14-7)11(18)19-3)20-12-13-5-8(6-17)16(12)2/h4-5,17H,6H2,1-3H3. The number of aromatic nitrogens is 4. The lowest BCUT2D eigenvalue weighted by Gasteiger charge is -2.05. The Bertz CT molecular complexity index is 642. The first-order valence-electron chi connectivity index (χ1n) is 5.78. The second-order valence-corrected chi connectivity index (χ2v) is 5.00. The predicted octanol–water partition coefficient (Wildman–Crippen LogP) is 0.949. The number of carbonyl (C=O) groups excluding carboxylic acids is 1. The molecule has 2 aromatic heterocycles. The monoisotopic (exact) mass is 294 g/mol. The molecule has 106 valence electrons. The summed E-state index contributed by atoms with van der Waals surface area (Å²) in [6.45, 7) is 1.69. The van der Waals surface area contributed by atoms with Crippen LogP contribution in [0.4, 0.5) is 0 Å². The van der Waals surface area contributed by atoms with E-state index in [2.05, 4.69) is 19.7 Å². The van der Waals surface area contributed by atoms with Gasteiger partial charge in [-0.15, -0.1) is 0 Å². The van der Waals surface area contributed by atoms with Gasteiger partial charge in [-0.1, -0.05) is 0 Å². The maximum atomic E-state index is 11.5. The fourth-order valence-electron chi connectivity index (χ4n) is 1.54. The molecule has 0 saturated carbocycles. The highest BCUT2D eigenvalue weighted by atomic mass is 32.2. The molecular weight excluding hydrogens is 280 g/mol. The van der Waals surface area contributed by atoms with Crippen molar-refractivity contribution in [3.63, 3.8) is 0 Å². The van der Waals surface area contributed by atoms with E-state index in [4.69, 9.17) is 5.11 Å². The van der Waals surface area contributed by atoms with E-state index >= 15 is 0 Å². The van der Waals surface area contributed by atoms with Crippen molar-refractivity contribution < 1.29 is 14.6 Å². The quantitative estimate of drug-likeness (QED) is 0.663. The van der Waals surface area contributed by atoms with Crippen molar-refractivity contribution in [1.82, 2.24) is 19.5 Å². The van der Waals surface area contributed by atoms with Crippen molar-refractivity contribution in [3.05, 3.63) is 29.5 Å². The van der Waals surface area contributed by atoms with Crippen LogP contribution in [0.15, 0.2) is 22.4 Å². The molecule has 0 bridgehead atoms. The minimum Gasteiger partial charge on any atom is -0.463 e. The van der Waals surface area contributed by atoms with E-state index in [-0.39, 0.29) is 12.4 Å². The smallest absolute Gasteiger partial charge is 0.376 e. The van der Waals surface area contributed by atoms with Gasteiger partial charge in [0.1, 0.15) is 5.03 Å². The molecule has 0 aromatic carbocycles. The van der Waals surface area contributed by atoms with Crippen LogP contribution in [-0.2, 0) is 18.4 Å². The number of aliphatic hydroxyl groups excluding tert-OH is 1. The average Bonchev–Trinajstić information content (AvgIpc) is 2.78. The molecule has 8 heteroatoms. The van der Waals surface area contributed by atoms with Gasteiger partial charge in [0.2, 0.25) is 5.82 Å². The lowest BCUT2D eigenvalue weighted by Crippen LogP contribution is -2.09. The first kappa shape index (κ1) is 14.5. The van der Waals surface area contributed by atoms with Crippen LogP contribution in [0.25, 0.3) is 0 Å². The molecule has 0 radical (unpaired) electrons. The van der Waals surface area contributed by atoms with Crippen LogP contribution in [-0.4, -0.2) is 37.7 Å². The van der Waals surface area contributed by atoms with E-state index in [1.165, 1.54) is 18.9 Å². The van der Waals surface area contributed by atoms with Gasteiger partial charge in [-0.3, -0.25) is 0 Å². The van der Waals surface area contributed by atoms with Gasteiger partial charge in [0.15, 0.2) is 5.16 Å². The Balaban J connectivity index is 2.31.